The highest BCUT2D eigenvalue weighted by Gasteiger charge is 2.26. The number of benzene rings is 1. The number of nitrogens with one attached hydrogen (secondary N) is 1. The van der Waals surface area contributed by atoms with Gasteiger partial charge < -0.3 is 15.8 Å². The third-order valence-electron chi connectivity index (χ3n) is 4.22. The number of rotatable bonds is 6. The van der Waals surface area contributed by atoms with Gasteiger partial charge in [0.05, 0.1) is 5.56 Å². The van der Waals surface area contributed by atoms with Crippen LogP contribution in [0.15, 0.2) is 30.3 Å². The molecule has 1 heterocycles. The SMILES string of the molecule is Cc1cccc(/C=C/C(=O)OCC(=O)Nc2sc3c(c2C(N)=O)CCC3)c1. The van der Waals surface area contributed by atoms with Gasteiger partial charge in [-0.1, -0.05) is 29.8 Å². The molecule has 0 saturated heterocycles. The average Bonchev–Trinajstić information content (AvgIpc) is 3.18. The molecule has 0 radical (unpaired) electrons. The topological polar surface area (TPSA) is 98.5 Å². The van der Waals surface area contributed by atoms with E-state index in [2.05, 4.69) is 5.32 Å². The van der Waals surface area contributed by atoms with Gasteiger partial charge in [-0.2, -0.15) is 0 Å². The van der Waals surface area contributed by atoms with Gasteiger partial charge in [-0.05, 0) is 43.4 Å². The summed E-state index contributed by atoms with van der Waals surface area (Å²) in [5.41, 5.74) is 8.72. The molecule has 1 aromatic heterocycles. The van der Waals surface area contributed by atoms with E-state index in [1.54, 1.807) is 6.08 Å². The lowest BCUT2D eigenvalue weighted by Crippen LogP contribution is -2.22. The van der Waals surface area contributed by atoms with Crippen LogP contribution in [0.25, 0.3) is 6.08 Å². The van der Waals surface area contributed by atoms with Crippen LogP contribution in [-0.2, 0) is 27.2 Å². The predicted octanol–water partition coefficient (Wildman–Crippen LogP) is 2.84. The Labute approximate surface area is 161 Å². The molecule has 140 valence electrons. The molecule has 0 bridgehead atoms. The Bertz CT molecular complexity index is 930. The Hall–Kier alpha value is -2.93. The predicted molar refractivity (Wildman–Crippen MR) is 105 cm³/mol. The minimum Gasteiger partial charge on any atom is -0.452 e. The fourth-order valence-corrected chi connectivity index (χ4v) is 4.35. The van der Waals surface area contributed by atoms with Crippen molar-refractivity contribution in [2.45, 2.75) is 26.2 Å². The number of primary amides is 1. The molecule has 3 rings (SSSR count). The Morgan fingerprint density at radius 2 is 2.11 bits per heavy atom. The van der Waals surface area contributed by atoms with E-state index in [1.807, 2.05) is 31.2 Å². The number of fused-ring (bicyclic) bond motifs is 1. The number of thiophene rings is 1. The van der Waals surface area contributed by atoms with Crippen molar-refractivity contribution in [2.75, 3.05) is 11.9 Å². The largest absolute Gasteiger partial charge is 0.452 e. The number of carbonyl (C=O) groups is 3. The van der Waals surface area contributed by atoms with Gasteiger partial charge in [-0.25, -0.2) is 4.79 Å². The zero-order chi connectivity index (χ0) is 19.4. The van der Waals surface area contributed by atoms with E-state index in [-0.39, 0.29) is 0 Å². The summed E-state index contributed by atoms with van der Waals surface area (Å²) in [6.45, 7) is 1.53. The van der Waals surface area contributed by atoms with Gasteiger partial charge in [-0.3, -0.25) is 9.59 Å². The molecule has 0 saturated carbocycles. The number of hydrogen-bond donors (Lipinski definition) is 2. The molecule has 0 aliphatic heterocycles. The quantitative estimate of drug-likeness (QED) is 0.591. The molecule has 0 atom stereocenters. The number of amides is 2. The Kier molecular flexibility index (Phi) is 5.71. The van der Waals surface area contributed by atoms with E-state index in [0.29, 0.717) is 10.6 Å². The van der Waals surface area contributed by atoms with Gasteiger partial charge in [0.25, 0.3) is 11.8 Å². The van der Waals surface area contributed by atoms with Crippen molar-refractivity contribution in [2.24, 2.45) is 5.73 Å². The van der Waals surface area contributed by atoms with Crippen molar-refractivity contribution in [3.8, 4) is 0 Å². The third-order valence-corrected chi connectivity index (χ3v) is 5.43. The molecule has 2 amide bonds. The third kappa shape index (κ3) is 4.62. The number of ether oxygens (including phenoxy) is 1. The highest BCUT2D eigenvalue weighted by molar-refractivity contribution is 7.17. The van der Waals surface area contributed by atoms with Gasteiger partial charge >= 0.3 is 5.97 Å². The number of nitrogens with two attached hydrogens (primary N) is 1. The lowest BCUT2D eigenvalue weighted by atomic mass is 10.1. The average molecular weight is 384 g/mol. The first-order valence-electron chi connectivity index (χ1n) is 8.59. The number of carbonyl (C=O) groups excluding carboxylic acids is 3. The molecule has 7 heteroatoms. The molecule has 0 spiro atoms. The monoisotopic (exact) mass is 384 g/mol. The minimum absolute atomic E-state index is 0.381. The Morgan fingerprint density at radius 3 is 2.85 bits per heavy atom. The first-order valence-corrected chi connectivity index (χ1v) is 9.41. The molecular formula is C20H20N2O4S. The van der Waals surface area contributed by atoms with Crippen LogP contribution in [0.4, 0.5) is 5.00 Å². The summed E-state index contributed by atoms with van der Waals surface area (Å²) >= 11 is 1.36. The summed E-state index contributed by atoms with van der Waals surface area (Å²) in [5.74, 6) is -1.67. The van der Waals surface area contributed by atoms with Crippen molar-refractivity contribution >= 4 is 40.2 Å². The van der Waals surface area contributed by atoms with Crippen molar-refractivity contribution in [1.82, 2.24) is 0 Å². The van der Waals surface area contributed by atoms with Crippen molar-refractivity contribution in [3.63, 3.8) is 0 Å². The summed E-state index contributed by atoms with van der Waals surface area (Å²) in [5, 5.41) is 3.07. The summed E-state index contributed by atoms with van der Waals surface area (Å²) in [6.07, 6.45) is 5.56. The van der Waals surface area contributed by atoms with Gasteiger partial charge in [0, 0.05) is 11.0 Å². The van der Waals surface area contributed by atoms with Crippen LogP contribution < -0.4 is 11.1 Å². The molecule has 1 aliphatic rings. The molecular weight excluding hydrogens is 364 g/mol. The highest BCUT2D eigenvalue weighted by atomic mass is 32.1. The summed E-state index contributed by atoms with van der Waals surface area (Å²) in [7, 11) is 0. The van der Waals surface area contributed by atoms with E-state index in [1.165, 1.54) is 17.4 Å². The van der Waals surface area contributed by atoms with Crippen LogP contribution in [0.2, 0.25) is 0 Å². The van der Waals surface area contributed by atoms with E-state index < -0.39 is 24.4 Å². The maximum absolute atomic E-state index is 12.1. The van der Waals surface area contributed by atoms with E-state index in [4.69, 9.17) is 10.5 Å². The normalized spacial score (nSPS) is 12.8. The first-order chi connectivity index (χ1) is 12.9. The molecule has 0 fully saturated rings. The second kappa shape index (κ2) is 8.18. The number of esters is 1. The molecule has 3 N–H and O–H groups in total. The second-order valence-corrected chi connectivity index (χ2v) is 7.43. The maximum Gasteiger partial charge on any atom is 0.331 e. The van der Waals surface area contributed by atoms with E-state index in [9.17, 15) is 14.4 Å². The highest BCUT2D eigenvalue weighted by Crippen LogP contribution is 2.38. The Morgan fingerprint density at radius 1 is 1.30 bits per heavy atom. The Balaban J connectivity index is 1.56. The maximum atomic E-state index is 12.1. The molecule has 1 aliphatic carbocycles. The van der Waals surface area contributed by atoms with Crippen LogP contribution in [-0.4, -0.2) is 24.4 Å². The fraction of sp³-hybridized carbons (Fsp3) is 0.250. The smallest absolute Gasteiger partial charge is 0.331 e. The lowest BCUT2D eigenvalue weighted by molar-refractivity contribution is -0.142. The summed E-state index contributed by atoms with van der Waals surface area (Å²) < 4.78 is 4.96. The zero-order valence-corrected chi connectivity index (χ0v) is 15.7. The zero-order valence-electron chi connectivity index (χ0n) is 14.9. The van der Waals surface area contributed by atoms with Crippen molar-refractivity contribution in [3.05, 3.63) is 57.5 Å². The first kappa shape index (κ1) is 18.8. The molecule has 0 unspecified atom stereocenters. The second-order valence-electron chi connectivity index (χ2n) is 6.33. The van der Waals surface area contributed by atoms with E-state index in [0.717, 1.165) is 40.8 Å². The fourth-order valence-electron chi connectivity index (χ4n) is 3.04. The number of hydrogen-bond acceptors (Lipinski definition) is 5. The molecule has 6 nitrogen and oxygen atoms in total. The van der Waals surface area contributed by atoms with Gasteiger partial charge in [0.2, 0.25) is 0 Å². The van der Waals surface area contributed by atoms with Crippen LogP contribution >= 0.6 is 11.3 Å². The minimum atomic E-state index is -0.615. The van der Waals surface area contributed by atoms with Crippen molar-refractivity contribution in [1.29, 1.82) is 0 Å². The van der Waals surface area contributed by atoms with Gasteiger partial charge in [-0.15, -0.1) is 11.3 Å². The van der Waals surface area contributed by atoms with Gasteiger partial charge in [0.1, 0.15) is 5.00 Å². The van der Waals surface area contributed by atoms with Crippen LogP contribution in [0.1, 0.15) is 38.3 Å². The molecule has 27 heavy (non-hydrogen) atoms. The standard InChI is InChI=1S/C20H20N2O4S/c1-12-4-2-5-13(10-12)8-9-17(24)26-11-16(23)22-20-18(19(21)25)14-6-3-7-15(14)27-20/h2,4-5,8-10H,3,6-7,11H2,1H3,(H2,21,25)(H,22,23)/b9-8+. The van der Waals surface area contributed by atoms with Gasteiger partial charge in [0.15, 0.2) is 6.61 Å². The van der Waals surface area contributed by atoms with Crippen LogP contribution in [0.5, 0.6) is 0 Å². The summed E-state index contributed by atoms with van der Waals surface area (Å²) in [6, 6.07) is 7.64. The van der Waals surface area contributed by atoms with Crippen molar-refractivity contribution < 1.29 is 19.1 Å². The van der Waals surface area contributed by atoms with E-state index >= 15 is 0 Å². The summed E-state index contributed by atoms with van der Waals surface area (Å²) in [4.78, 5) is 36.7. The van der Waals surface area contributed by atoms with Crippen LogP contribution in [0.3, 0.4) is 0 Å². The lowest BCUT2D eigenvalue weighted by Gasteiger charge is -2.06. The molecule has 2 aromatic rings. The number of anilines is 1. The molecule has 1 aromatic carbocycles. The van der Waals surface area contributed by atoms with Crippen LogP contribution in [0, 0.1) is 6.92 Å². The number of aryl methyl sites for hydroxylation is 2.